The van der Waals surface area contributed by atoms with Gasteiger partial charge in [0.15, 0.2) is 0 Å². The Bertz CT molecular complexity index is 676. The molecule has 0 aromatic heterocycles. The number of amides is 1. The van der Waals surface area contributed by atoms with Crippen molar-refractivity contribution in [2.24, 2.45) is 11.8 Å². The van der Waals surface area contributed by atoms with E-state index in [9.17, 15) is 13.6 Å². The minimum atomic E-state index is -2.97. The van der Waals surface area contributed by atoms with Crippen LogP contribution < -0.4 is 10.1 Å². The minimum Gasteiger partial charge on any atom is -0.496 e. The maximum Gasteiger partial charge on any atom is 0.270 e. The predicted octanol–water partition coefficient (Wildman–Crippen LogP) is 5.59. The molecule has 0 bridgehead atoms. The van der Waals surface area contributed by atoms with Gasteiger partial charge >= 0.3 is 0 Å². The monoisotopic (exact) mass is 379 g/mol. The average molecular weight is 379 g/mol. The summed E-state index contributed by atoms with van der Waals surface area (Å²) < 4.78 is 32.7. The highest BCUT2D eigenvalue weighted by molar-refractivity contribution is 5.98. The number of aryl methyl sites for hydroxylation is 1. The van der Waals surface area contributed by atoms with Gasteiger partial charge in [0, 0.05) is 18.5 Å². The van der Waals surface area contributed by atoms with Crippen LogP contribution in [-0.4, -0.2) is 19.1 Å². The standard InChI is InChI=1S/C22H31F2NO2/c1-14-12-16(22(2,23)24)13-19(27-3)20(14)21(26)25-18-11-10-17(18)15-8-6-4-5-7-9-15/h12-13,15,17-18H,4-11H2,1-3H3,(H,25,26). The Kier molecular flexibility index (Phi) is 6.07. The maximum absolute atomic E-state index is 13.7. The van der Waals surface area contributed by atoms with Crippen molar-refractivity contribution < 1.29 is 18.3 Å². The van der Waals surface area contributed by atoms with Crippen molar-refractivity contribution in [3.05, 3.63) is 28.8 Å². The first kappa shape index (κ1) is 20.1. The Hall–Kier alpha value is -1.65. The number of methoxy groups -OCH3 is 1. The molecule has 2 fully saturated rings. The van der Waals surface area contributed by atoms with Gasteiger partial charge in [0.05, 0.1) is 12.7 Å². The van der Waals surface area contributed by atoms with Crippen LogP contribution in [0.1, 0.15) is 79.8 Å². The number of hydrogen-bond donors (Lipinski definition) is 1. The van der Waals surface area contributed by atoms with E-state index in [0.29, 0.717) is 23.0 Å². The second kappa shape index (κ2) is 8.15. The van der Waals surface area contributed by atoms with Crippen LogP contribution in [0, 0.1) is 18.8 Å². The molecule has 2 saturated carbocycles. The predicted molar refractivity (Wildman–Crippen MR) is 102 cm³/mol. The van der Waals surface area contributed by atoms with Crippen molar-refractivity contribution in [1.29, 1.82) is 0 Å². The molecule has 3 nitrogen and oxygen atoms in total. The highest BCUT2D eigenvalue weighted by Gasteiger charge is 2.38. The van der Waals surface area contributed by atoms with Crippen molar-refractivity contribution in [2.45, 2.75) is 77.2 Å². The van der Waals surface area contributed by atoms with E-state index >= 15 is 0 Å². The second-order valence-corrected chi connectivity index (χ2v) is 8.33. The molecule has 5 heteroatoms. The van der Waals surface area contributed by atoms with E-state index in [2.05, 4.69) is 5.32 Å². The van der Waals surface area contributed by atoms with Crippen LogP contribution in [0.25, 0.3) is 0 Å². The normalized spacial score (nSPS) is 24.0. The largest absolute Gasteiger partial charge is 0.496 e. The van der Waals surface area contributed by atoms with Crippen molar-refractivity contribution in [2.75, 3.05) is 7.11 Å². The SMILES string of the molecule is COc1cc(C(C)(F)F)cc(C)c1C(=O)NC1CCC1C1CCCCCC1. The van der Waals surface area contributed by atoms with Crippen LogP contribution in [0.3, 0.4) is 0 Å². The van der Waals surface area contributed by atoms with Crippen LogP contribution in [0.2, 0.25) is 0 Å². The van der Waals surface area contributed by atoms with Crippen LogP contribution in [0.15, 0.2) is 12.1 Å². The molecular weight excluding hydrogens is 348 g/mol. The molecule has 0 aliphatic heterocycles. The molecule has 2 aliphatic carbocycles. The summed E-state index contributed by atoms with van der Waals surface area (Å²) in [6.45, 7) is 2.54. The zero-order valence-electron chi connectivity index (χ0n) is 16.6. The van der Waals surface area contributed by atoms with Gasteiger partial charge in [-0.05, 0) is 49.3 Å². The highest BCUT2D eigenvalue weighted by Crippen LogP contribution is 2.41. The van der Waals surface area contributed by atoms with Gasteiger partial charge < -0.3 is 10.1 Å². The number of carbonyl (C=O) groups excluding carboxylic acids is 1. The minimum absolute atomic E-state index is 0.131. The lowest BCUT2D eigenvalue weighted by Crippen LogP contribution is -2.49. The molecule has 1 N–H and O–H groups in total. The van der Waals surface area contributed by atoms with E-state index < -0.39 is 5.92 Å². The van der Waals surface area contributed by atoms with E-state index in [1.54, 1.807) is 6.92 Å². The maximum atomic E-state index is 13.7. The molecule has 1 amide bonds. The van der Waals surface area contributed by atoms with Crippen molar-refractivity contribution in [3.8, 4) is 5.75 Å². The van der Waals surface area contributed by atoms with Gasteiger partial charge in [0.25, 0.3) is 11.8 Å². The number of ether oxygens (including phenoxy) is 1. The van der Waals surface area contributed by atoms with E-state index in [1.165, 1.54) is 64.2 Å². The number of rotatable bonds is 5. The van der Waals surface area contributed by atoms with E-state index in [1.807, 2.05) is 0 Å². The molecule has 0 radical (unpaired) electrons. The third-order valence-corrected chi connectivity index (χ3v) is 6.40. The lowest BCUT2D eigenvalue weighted by Gasteiger charge is -2.42. The molecule has 2 atom stereocenters. The summed E-state index contributed by atoms with van der Waals surface area (Å²) >= 11 is 0. The molecule has 150 valence electrons. The molecule has 2 aliphatic rings. The lowest BCUT2D eigenvalue weighted by molar-refractivity contribution is 0.0171. The smallest absolute Gasteiger partial charge is 0.270 e. The zero-order chi connectivity index (χ0) is 19.6. The number of halogens is 2. The Morgan fingerprint density at radius 1 is 1.11 bits per heavy atom. The summed E-state index contributed by atoms with van der Waals surface area (Å²) in [5.41, 5.74) is 0.763. The summed E-state index contributed by atoms with van der Waals surface area (Å²) in [7, 11) is 1.42. The number of carbonyl (C=O) groups is 1. The molecule has 1 aromatic carbocycles. The number of nitrogens with one attached hydrogen (secondary N) is 1. The molecule has 2 unspecified atom stereocenters. The molecule has 0 heterocycles. The van der Waals surface area contributed by atoms with E-state index in [0.717, 1.165) is 13.3 Å². The summed E-state index contributed by atoms with van der Waals surface area (Å²) in [5.74, 6) is -1.70. The quantitative estimate of drug-likeness (QED) is 0.677. The fraction of sp³-hybridized carbons (Fsp3) is 0.682. The number of hydrogen-bond acceptors (Lipinski definition) is 2. The van der Waals surface area contributed by atoms with Crippen LogP contribution in [0.4, 0.5) is 8.78 Å². The van der Waals surface area contributed by atoms with Gasteiger partial charge in [0.1, 0.15) is 5.75 Å². The molecule has 0 saturated heterocycles. The van der Waals surface area contributed by atoms with Crippen LogP contribution in [-0.2, 0) is 5.92 Å². The van der Waals surface area contributed by atoms with Gasteiger partial charge in [-0.15, -0.1) is 0 Å². The first-order valence-corrected chi connectivity index (χ1v) is 10.2. The van der Waals surface area contributed by atoms with Crippen molar-refractivity contribution >= 4 is 5.91 Å². The van der Waals surface area contributed by atoms with Gasteiger partial charge in [-0.25, -0.2) is 8.78 Å². The molecule has 27 heavy (non-hydrogen) atoms. The van der Waals surface area contributed by atoms with Crippen molar-refractivity contribution in [3.63, 3.8) is 0 Å². The second-order valence-electron chi connectivity index (χ2n) is 8.33. The Morgan fingerprint density at radius 3 is 2.30 bits per heavy atom. The molecule has 3 rings (SSSR count). The number of alkyl halides is 2. The average Bonchev–Trinajstić information content (AvgIpc) is 2.86. The lowest BCUT2D eigenvalue weighted by atomic mass is 9.69. The van der Waals surface area contributed by atoms with Gasteiger partial charge in [-0.2, -0.15) is 0 Å². The van der Waals surface area contributed by atoms with Crippen LogP contribution >= 0.6 is 0 Å². The summed E-state index contributed by atoms with van der Waals surface area (Å²) in [4.78, 5) is 12.9. The fourth-order valence-electron chi connectivity index (χ4n) is 4.71. The topological polar surface area (TPSA) is 38.3 Å². The fourth-order valence-corrected chi connectivity index (χ4v) is 4.71. The third kappa shape index (κ3) is 4.44. The van der Waals surface area contributed by atoms with E-state index in [-0.39, 0.29) is 23.3 Å². The summed E-state index contributed by atoms with van der Waals surface area (Å²) in [6, 6.07) is 2.86. The summed E-state index contributed by atoms with van der Waals surface area (Å²) in [6.07, 6.45) is 9.93. The van der Waals surface area contributed by atoms with E-state index in [4.69, 9.17) is 4.74 Å². The van der Waals surface area contributed by atoms with Gasteiger partial charge in [0.2, 0.25) is 0 Å². The molecule has 1 aromatic rings. The zero-order valence-corrected chi connectivity index (χ0v) is 16.6. The Labute approximate surface area is 160 Å². The van der Waals surface area contributed by atoms with Crippen LogP contribution in [0.5, 0.6) is 5.75 Å². The molecule has 0 spiro atoms. The van der Waals surface area contributed by atoms with Gasteiger partial charge in [-0.3, -0.25) is 4.79 Å². The summed E-state index contributed by atoms with van der Waals surface area (Å²) in [5, 5.41) is 3.17. The third-order valence-electron chi connectivity index (χ3n) is 6.40. The molecular formula is C22H31F2NO2. The van der Waals surface area contributed by atoms with Gasteiger partial charge in [-0.1, -0.05) is 38.5 Å². The number of benzene rings is 1. The van der Waals surface area contributed by atoms with Crippen molar-refractivity contribution in [1.82, 2.24) is 5.32 Å². The Morgan fingerprint density at radius 2 is 1.78 bits per heavy atom. The first-order valence-electron chi connectivity index (χ1n) is 10.2. The Balaban J connectivity index is 1.74. The highest BCUT2D eigenvalue weighted by atomic mass is 19.3. The first-order chi connectivity index (χ1) is 12.8.